The van der Waals surface area contributed by atoms with Crippen molar-refractivity contribution < 1.29 is 18.6 Å². The molecule has 1 N–H and O–H groups in total. The van der Waals surface area contributed by atoms with Crippen LogP contribution in [0.5, 0.6) is 0 Å². The number of halogens is 2. The highest BCUT2D eigenvalue weighted by Crippen LogP contribution is 2.19. The minimum absolute atomic E-state index is 0. The first-order chi connectivity index (χ1) is 13.2. The molecule has 1 aromatic carbocycles. The molecule has 6 nitrogen and oxygen atoms in total. The average molecular weight is 509 g/mol. The monoisotopic (exact) mass is 509 g/mol. The Labute approximate surface area is 184 Å². The van der Waals surface area contributed by atoms with E-state index < -0.39 is 0 Å². The normalized spacial score (nSPS) is 18.1. The van der Waals surface area contributed by atoms with Crippen LogP contribution in [0.15, 0.2) is 29.3 Å². The van der Waals surface area contributed by atoms with E-state index in [1.165, 1.54) is 12.1 Å². The summed E-state index contributed by atoms with van der Waals surface area (Å²) in [5.41, 5.74) is 0.921. The third kappa shape index (κ3) is 8.18. The molecule has 2 rings (SSSR count). The van der Waals surface area contributed by atoms with Crippen LogP contribution < -0.4 is 5.32 Å². The number of nitrogens with one attached hydrogen (secondary N) is 1. The molecule has 2 unspecified atom stereocenters. The van der Waals surface area contributed by atoms with E-state index >= 15 is 0 Å². The zero-order valence-corrected chi connectivity index (χ0v) is 19.4. The average Bonchev–Trinajstić information content (AvgIpc) is 3.15. The van der Waals surface area contributed by atoms with Crippen molar-refractivity contribution >= 4 is 29.9 Å². The van der Waals surface area contributed by atoms with Crippen molar-refractivity contribution in [3.05, 3.63) is 35.6 Å². The van der Waals surface area contributed by atoms with Gasteiger partial charge in [0.05, 0.1) is 26.4 Å². The van der Waals surface area contributed by atoms with Gasteiger partial charge in [-0.05, 0) is 31.0 Å². The van der Waals surface area contributed by atoms with E-state index in [-0.39, 0.29) is 35.9 Å². The summed E-state index contributed by atoms with van der Waals surface area (Å²) in [7, 11) is 3.33. The topological polar surface area (TPSA) is 55.3 Å². The van der Waals surface area contributed by atoms with Crippen LogP contribution in [0, 0.1) is 11.7 Å². The number of rotatable bonds is 10. The van der Waals surface area contributed by atoms with Gasteiger partial charge in [0.25, 0.3) is 0 Å². The van der Waals surface area contributed by atoms with Gasteiger partial charge in [0, 0.05) is 39.8 Å². The zero-order valence-electron chi connectivity index (χ0n) is 17.0. The van der Waals surface area contributed by atoms with E-state index in [9.17, 15) is 4.39 Å². The van der Waals surface area contributed by atoms with Gasteiger partial charge in [-0.25, -0.2) is 4.39 Å². The maximum atomic E-state index is 13.1. The fraction of sp³-hybridized carbons (Fsp3) is 0.650. The molecular formula is C20H33FIN3O3. The van der Waals surface area contributed by atoms with E-state index in [0.29, 0.717) is 25.7 Å². The van der Waals surface area contributed by atoms with Crippen molar-refractivity contribution in [3.63, 3.8) is 0 Å². The molecule has 1 aliphatic heterocycles. The number of aliphatic imine (C=N–C) groups is 1. The van der Waals surface area contributed by atoms with E-state index in [2.05, 4.69) is 17.1 Å². The van der Waals surface area contributed by atoms with Crippen LogP contribution >= 0.6 is 24.0 Å². The molecule has 0 aromatic heterocycles. The van der Waals surface area contributed by atoms with Gasteiger partial charge in [-0.2, -0.15) is 0 Å². The van der Waals surface area contributed by atoms with Gasteiger partial charge < -0.3 is 24.4 Å². The van der Waals surface area contributed by atoms with Crippen LogP contribution in [0.3, 0.4) is 0 Å². The van der Waals surface area contributed by atoms with Gasteiger partial charge in [0.2, 0.25) is 0 Å². The highest BCUT2D eigenvalue weighted by Gasteiger charge is 2.25. The van der Waals surface area contributed by atoms with Crippen molar-refractivity contribution in [2.75, 3.05) is 60.2 Å². The van der Waals surface area contributed by atoms with Gasteiger partial charge in [0.15, 0.2) is 5.96 Å². The van der Waals surface area contributed by atoms with Crippen molar-refractivity contribution in [2.45, 2.75) is 19.4 Å². The second-order valence-corrected chi connectivity index (χ2v) is 6.64. The molecule has 0 spiro atoms. The largest absolute Gasteiger partial charge is 0.382 e. The third-order valence-corrected chi connectivity index (χ3v) is 4.64. The van der Waals surface area contributed by atoms with E-state index in [1.807, 2.05) is 0 Å². The summed E-state index contributed by atoms with van der Waals surface area (Å²) in [5, 5.41) is 3.36. The number of nitrogens with zero attached hydrogens (tertiary/aromatic N) is 2. The summed E-state index contributed by atoms with van der Waals surface area (Å²) < 4.78 is 29.4. The quantitative estimate of drug-likeness (QED) is 0.228. The standard InChI is InChI=1S/C20H32FN3O3.HI/c1-4-22-20(24-10-9-16(14-24)15-27-12-11-25-2)23-13-19(26-3)17-5-7-18(21)8-6-17;/h5-8,16,19H,4,9-15H2,1-3H3,(H,22,23);1H. The summed E-state index contributed by atoms with van der Waals surface area (Å²) in [4.78, 5) is 7.03. The lowest BCUT2D eigenvalue weighted by Gasteiger charge is -2.23. The Morgan fingerprint density at radius 2 is 2.04 bits per heavy atom. The van der Waals surface area contributed by atoms with Gasteiger partial charge >= 0.3 is 0 Å². The maximum Gasteiger partial charge on any atom is 0.194 e. The minimum atomic E-state index is -0.249. The van der Waals surface area contributed by atoms with Crippen LogP contribution in [0.2, 0.25) is 0 Å². The van der Waals surface area contributed by atoms with Crippen LogP contribution in [-0.2, 0) is 14.2 Å². The Hall–Kier alpha value is -0.970. The predicted octanol–water partition coefficient (Wildman–Crippen LogP) is 3.08. The number of guanidine groups is 1. The fourth-order valence-corrected chi connectivity index (χ4v) is 3.14. The third-order valence-electron chi connectivity index (χ3n) is 4.64. The first kappa shape index (κ1) is 25.1. The molecule has 1 aromatic rings. The summed E-state index contributed by atoms with van der Waals surface area (Å²) in [6.07, 6.45) is 0.887. The highest BCUT2D eigenvalue weighted by molar-refractivity contribution is 14.0. The lowest BCUT2D eigenvalue weighted by molar-refractivity contribution is 0.0536. The van der Waals surface area contributed by atoms with E-state index in [1.54, 1.807) is 26.4 Å². The summed E-state index contributed by atoms with van der Waals surface area (Å²) in [5.74, 6) is 1.14. The van der Waals surface area contributed by atoms with Gasteiger partial charge in [-0.1, -0.05) is 12.1 Å². The maximum absolute atomic E-state index is 13.1. The second-order valence-electron chi connectivity index (χ2n) is 6.64. The van der Waals surface area contributed by atoms with Gasteiger partial charge in [-0.3, -0.25) is 4.99 Å². The molecule has 1 heterocycles. The lowest BCUT2D eigenvalue weighted by atomic mass is 10.1. The van der Waals surface area contributed by atoms with Crippen LogP contribution in [0.25, 0.3) is 0 Å². The van der Waals surface area contributed by atoms with Crippen molar-refractivity contribution in [2.24, 2.45) is 10.9 Å². The van der Waals surface area contributed by atoms with Crippen molar-refractivity contribution in [1.82, 2.24) is 10.2 Å². The predicted molar refractivity (Wildman–Crippen MR) is 120 cm³/mol. The summed E-state index contributed by atoms with van der Waals surface area (Å²) >= 11 is 0. The number of hydrogen-bond acceptors (Lipinski definition) is 4. The highest BCUT2D eigenvalue weighted by atomic mass is 127. The fourth-order valence-electron chi connectivity index (χ4n) is 3.14. The molecule has 0 saturated carbocycles. The summed E-state index contributed by atoms with van der Waals surface area (Å²) in [6.45, 7) is 7.23. The van der Waals surface area contributed by atoms with Crippen LogP contribution in [-0.4, -0.2) is 71.1 Å². The minimum Gasteiger partial charge on any atom is -0.382 e. The molecule has 28 heavy (non-hydrogen) atoms. The van der Waals surface area contributed by atoms with E-state index in [4.69, 9.17) is 19.2 Å². The number of ether oxygens (including phenoxy) is 3. The first-order valence-corrected chi connectivity index (χ1v) is 9.56. The summed E-state index contributed by atoms with van der Waals surface area (Å²) in [6, 6.07) is 6.39. The second kappa shape index (κ2) is 14.1. The first-order valence-electron chi connectivity index (χ1n) is 9.56. The number of likely N-dealkylation sites (tertiary alicyclic amines) is 1. The lowest BCUT2D eigenvalue weighted by Crippen LogP contribution is -2.40. The van der Waals surface area contributed by atoms with E-state index in [0.717, 1.165) is 44.2 Å². The molecule has 0 radical (unpaired) electrons. The Morgan fingerprint density at radius 1 is 1.29 bits per heavy atom. The molecule has 0 aliphatic carbocycles. The van der Waals surface area contributed by atoms with Gasteiger partial charge in [0.1, 0.15) is 11.9 Å². The molecule has 0 bridgehead atoms. The molecule has 160 valence electrons. The van der Waals surface area contributed by atoms with Crippen molar-refractivity contribution in [1.29, 1.82) is 0 Å². The molecule has 0 amide bonds. The smallest absolute Gasteiger partial charge is 0.194 e. The Bertz CT molecular complexity index is 574. The molecule has 1 aliphatic rings. The number of methoxy groups -OCH3 is 2. The van der Waals surface area contributed by atoms with Crippen LogP contribution in [0.1, 0.15) is 25.0 Å². The number of benzene rings is 1. The zero-order chi connectivity index (χ0) is 19.5. The number of hydrogen-bond donors (Lipinski definition) is 1. The Morgan fingerprint density at radius 3 is 2.68 bits per heavy atom. The Kier molecular flexibility index (Phi) is 12.6. The Balaban J connectivity index is 0.00000392. The SMILES string of the molecule is CCNC(=NCC(OC)c1ccc(F)cc1)N1CCC(COCCOC)C1.I. The van der Waals surface area contributed by atoms with Crippen molar-refractivity contribution in [3.8, 4) is 0 Å². The molecule has 1 saturated heterocycles. The van der Waals surface area contributed by atoms with Gasteiger partial charge in [-0.15, -0.1) is 24.0 Å². The molecule has 2 atom stereocenters. The molecular weight excluding hydrogens is 476 g/mol. The molecule has 8 heteroatoms. The molecule has 1 fully saturated rings. The van der Waals surface area contributed by atoms with Crippen LogP contribution in [0.4, 0.5) is 4.39 Å².